The van der Waals surface area contributed by atoms with Crippen LogP contribution in [0.2, 0.25) is 0 Å². The summed E-state index contributed by atoms with van der Waals surface area (Å²) in [7, 11) is -1.19. The second kappa shape index (κ2) is 5.84. The zero-order valence-corrected chi connectivity index (χ0v) is 10.8. The van der Waals surface area contributed by atoms with Gasteiger partial charge in [-0.05, 0) is 12.5 Å². The summed E-state index contributed by atoms with van der Waals surface area (Å²) in [6.07, 6.45) is -0.884. The number of hydrogen-bond acceptors (Lipinski definition) is 3. The van der Waals surface area contributed by atoms with Crippen LogP contribution in [0.25, 0.3) is 0 Å². The topological polar surface area (TPSA) is 75.6 Å². The molecule has 0 aliphatic carbocycles. The van der Waals surface area contributed by atoms with Crippen molar-refractivity contribution in [1.29, 1.82) is 0 Å². The van der Waals surface area contributed by atoms with Gasteiger partial charge < -0.3 is 14.9 Å². The molecule has 6 heteroatoms. The largest absolute Gasteiger partial charge is 0.465 e. The zero-order valence-electron chi connectivity index (χ0n) is 9.77. The Hall–Kier alpha value is -1.32. The molecular weight excluding hydrogens is 241 g/mol. The van der Waals surface area contributed by atoms with E-state index < -0.39 is 19.4 Å². The molecule has 0 bridgehead atoms. The Morgan fingerprint density at radius 1 is 1.47 bits per heavy atom. The smallest absolute Gasteiger partial charge is 0.405 e. The van der Waals surface area contributed by atoms with E-state index in [1.54, 1.807) is 6.92 Å². The second-order valence-corrected chi connectivity index (χ2v) is 6.00. The van der Waals surface area contributed by atoms with Gasteiger partial charge in [0, 0.05) is 13.5 Å². The second-order valence-electron chi connectivity index (χ2n) is 3.92. The number of rotatable bonds is 5. The van der Waals surface area contributed by atoms with Crippen LogP contribution in [0.15, 0.2) is 30.3 Å². The van der Waals surface area contributed by atoms with Gasteiger partial charge in [0.25, 0.3) is 0 Å². The Labute approximate surface area is 101 Å². The minimum atomic E-state index is -2.50. The maximum absolute atomic E-state index is 11.8. The number of carbonyl (C=O) groups is 1. The molecule has 1 aromatic carbocycles. The van der Waals surface area contributed by atoms with Gasteiger partial charge in [-0.3, -0.25) is 4.57 Å². The van der Waals surface area contributed by atoms with E-state index in [1.807, 2.05) is 30.3 Å². The SMILES string of the molecule is CO[PH](=O)C(C)(Cc1ccccc1)NC(=O)O. The van der Waals surface area contributed by atoms with Crippen LogP contribution in [0, 0.1) is 0 Å². The zero-order chi connectivity index (χ0) is 12.9. The lowest BCUT2D eigenvalue weighted by atomic mass is 10.1. The lowest BCUT2D eigenvalue weighted by molar-refractivity contribution is 0.186. The Kier molecular flexibility index (Phi) is 4.73. The van der Waals surface area contributed by atoms with Crippen LogP contribution in [0.4, 0.5) is 4.79 Å². The molecule has 2 N–H and O–H groups in total. The molecule has 0 aliphatic heterocycles. The van der Waals surface area contributed by atoms with Gasteiger partial charge >= 0.3 is 6.09 Å². The number of carboxylic acid groups (broad SMARTS) is 1. The van der Waals surface area contributed by atoms with Crippen LogP contribution in [-0.2, 0) is 15.5 Å². The highest BCUT2D eigenvalue weighted by Gasteiger charge is 2.33. The van der Waals surface area contributed by atoms with Crippen molar-refractivity contribution in [2.45, 2.75) is 18.6 Å². The Balaban J connectivity index is 2.91. The molecule has 0 spiro atoms. The highest BCUT2D eigenvalue weighted by atomic mass is 31.1. The van der Waals surface area contributed by atoms with Crippen LogP contribution in [0.1, 0.15) is 12.5 Å². The third-order valence-corrected chi connectivity index (χ3v) is 3.99. The minimum absolute atomic E-state index is 0.325. The molecule has 2 atom stereocenters. The first-order valence-electron chi connectivity index (χ1n) is 5.11. The number of nitrogens with one attached hydrogen (secondary N) is 1. The highest BCUT2D eigenvalue weighted by molar-refractivity contribution is 7.41. The van der Waals surface area contributed by atoms with E-state index in [1.165, 1.54) is 7.11 Å². The van der Waals surface area contributed by atoms with Gasteiger partial charge in [-0.1, -0.05) is 30.3 Å². The Bertz CT molecular complexity index is 409. The average Bonchev–Trinajstić information content (AvgIpc) is 2.28. The van der Waals surface area contributed by atoms with Gasteiger partial charge in [-0.15, -0.1) is 0 Å². The summed E-state index contributed by atoms with van der Waals surface area (Å²) in [5, 5.41) is 9.97. The van der Waals surface area contributed by atoms with E-state index >= 15 is 0 Å². The summed E-state index contributed by atoms with van der Waals surface area (Å²) in [6, 6.07) is 9.27. The fraction of sp³-hybridized carbons (Fsp3) is 0.364. The monoisotopic (exact) mass is 257 g/mol. The molecule has 0 saturated carbocycles. The van der Waals surface area contributed by atoms with Crippen molar-refractivity contribution in [3.05, 3.63) is 35.9 Å². The third kappa shape index (κ3) is 3.88. The van der Waals surface area contributed by atoms with Crippen LogP contribution in [0.5, 0.6) is 0 Å². The van der Waals surface area contributed by atoms with E-state index in [-0.39, 0.29) is 0 Å². The van der Waals surface area contributed by atoms with Crippen molar-refractivity contribution in [2.24, 2.45) is 0 Å². The Morgan fingerprint density at radius 2 is 2.06 bits per heavy atom. The molecule has 0 fully saturated rings. The Morgan fingerprint density at radius 3 is 2.53 bits per heavy atom. The van der Waals surface area contributed by atoms with Crippen LogP contribution in [0.3, 0.4) is 0 Å². The average molecular weight is 257 g/mol. The summed E-state index contributed by atoms with van der Waals surface area (Å²) in [6.45, 7) is 1.58. The fourth-order valence-corrected chi connectivity index (χ4v) is 2.64. The molecule has 17 heavy (non-hydrogen) atoms. The number of benzene rings is 1. The highest BCUT2D eigenvalue weighted by Crippen LogP contribution is 2.39. The minimum Gasteiger partial charge on any atom is -0.465 e. The van der Waals surface area contributed by atoms with E-state index in [0.717, 1.165) is 5.56 Å². The first-order chi connectivity index (χ1) is 7.98. The van der Waals surface area contributed by atoms with Gasteiger partial charge in [0.2, 0.25) is 8.03 Å². The molecule has 5 nitrogen and oxygen atoms in total. The predicted molar refractivity (Wildman–Crippen MR) is 65.7 cm³/mol. The molecule has 0 aromatic heterocycles. The van der Waals surface area contributed by atoms with E-state index in [4.69, 9.17) is 9.63 Å². The molecule has 1 amide bonds. The number of hydrogen-bond donors (Lipinski definition) is 2. The van der Waals surface area contributed by atoms with Gasteiger partial charge in [0.05, 0.1) is 0 Å². The van der Waals surface area contributed by atoms with Gasteiger partial charge in [0.1, 0.15) is 5.28 Å². The molecule has 1 aromatic rings. The maximum Gasteiger partial charge on any atom is 0.405 e. The quantitative estimate of drug-likeness (QED) is 0.794. The standard InChI is InChI=1S/C11H16NO4P/c1-11(12-10(13)14,17(15)16-2)8-9-6-4-3-5-7-9/h3-7,12,17H,8H2,1-2H3,(H,13,14). The van der Waals surface area contributed by atoms with Gasteiger partial charge in [0.15, 0.2) is 0 Å². The predicted octanol–water partition coefficient (Wildman–Crippen LogP) is 2.33. The molecule has 0 radical (unpaired) electrons. The van der Waals surface area contributed by atoms with Crippen molar-refractivity contribution in [1.82, 2.24) is 5.32 Å². The third-order valence-electron chi connectivity index (χ3n) is 2.42. The lowest BCUT2D eigenvalue weighted by Gasteiger charge is -2.27. The van der Waals surface area contributed by atoms with Crippen molar-refractivity contribution < 1.29 is 19.0 Å². The van der Waals surface area contributed by atoms with E-state index in [0.29, 0.717) is 6.42 Å². The molecule has 2 unspecified atom stereocenters. The molecular formula is C11H16NO4P. The lowest BCUT2D eigenvalue weighted by Crippen LogP contribution is -2.44. The molecule has 0 heterocycles. The van der Waals surface area contributed by atoms with Gasteiger partial charge in [-0.2, -0.15) is 0 Å². The van der Waals surface area contributed by atoms with Crippen LogP contribution >= 0.6 is 8.03 Å². The van der Waals surface area contributed by atoms with Gasteiger partial charge in [-0.25, -0.2) is 4.79 Å². The van der Waals surface area contributed by atoms with Crippen LogP contribution < -0.4 is 5.32 Å². The summed E-state index contributed by atoms with van der Waals surface area (Å²) in [5.41, 5.74) is 0.902. The molecule has 1 rings (SSSR count). The summed E-state index contributed by atoms with van der Waals surface area (Å²) in [5.74, 6) is 0. The van der Waals surface area contributed by atoms with E-state index in [2.05, 4.69) is 5.32 Å². The normalized spacial score (nSPS) is 15.9. The summed E-state index contributed by atoms with van der Waals surface area (Å²) >= 11 is 0. The maximum atomic E-state index is 11.8. The van der Waals surface area contributed by atoms with E-state index in [9.17, 15) is 9.36 Å². The van der Waals surface area contributed by atoms with Crippen molar-refractivity contribution in [2.75, 3.05) is 7.11 Å². The van der Waals surface area contributed by atoms with Crippen LogP contribution in [-0.4, -0.2) is 23.6 Å². The van der Waals surface area contributed by atoms with Crippen molar-refractivity contribution >= 4 is 14.1 Å². The fourth-order valence-electron chi connectivity index (χ4n) is 1.63. The first-order valence-corrected chi connectivity index (χ1v) is 6.43. The van der Waals surface area contributed by atoms with Crippen molar-refractivity contribution in [3.63, 3.8) is 0 Å². The van der Waals surface area contributed by atoms with Crippen molar-refractivity contribution in [3.8, 4) is 0 Å². The summed E-state index contributed by atoms with van der Waals surface area (Å²) in [4.78, 5) is 10.7. The molecule has 94 valence electrons. The molecule has 0 saturated heterocycles. The molecule has 0 aliphatic rings. The number of amides is 1. The summed E-state index contributed by atoms with van der Waals surface area (Å²) < 4.78 is 16.6. The first kappa shape index (κ1) is 13.7.